The van der Waals surface area contributed by atoms with Crippen molar-refractivity contribution in [3.63, 3.8) is 0 Å². The molecule has 1 aromatic heterocycles. The molecule has 0 spiro atoms. The van der Waals surface area contributed by atoms with Gasteiger partial charge in [0.25, 0.3) is 5.69 Å². The number of rotatable bonds is 3. The van der Waals surface area contributed by atoms with Crippen LogP contribution in [0.5, 0.6) is 0 Å². The number of halogens is 4. The van der Waals surface area contributed by atoms with Crippen molar-refractivity contribution in [3.8, 4) is 16.9 Å². The summed E-state index contributed by atoms with van der Waals surface area (Å²) in [6, 6.07) is 7.58. The molecule has 0 saturated carbocycles. The van der Waals surface area contributed by atoms with E-state index in [9.17, 15) is 23.3 Å². The summed E-state index contributed by atoms with van der Waals surface area (Å²) < 4.78 is 41.5. The summed E-state index contributed by atoms with van der Waals surface area (Å²) in [6.07, 6.45) is -2.23. The molecule has 0 aliphatic carbocycles. The molecule has 0 unspecified atom stereocenters. The Morgan fingerprint density at radius 3 is 2.68 bits per heavy atom. The predicted octanol–water partition coefficient (Wildman–Crippen LogP) is 6.18. The molecule has 4 rings (SSSR count). The first-order valence-electron chi connectivity index (χ1n) is 9.65. The predicted molar refractivity (Wildman–Crippen MR) is 112 cm³/mol. The van der Waals surface area contributed by atoms with Crippen LogP contribution in [0.2, 0.25) is 5.02 Å². The number of hydrogen-bond donors (Lipinski definition) is 1. The number of aromatic nitrogens is 2. The van der Waals surface area contributed by atoms with Crippen molar-refractivity contribution in [2.75, 3.05) is 11.9 Å². The maximum atomic E-state index is 13.3. The van der Waals surface area contributed by atoms with Gasteiger partial charge in [0.05, 0.1) is 26.9 Å². The van der Waals surface area contributed by atoms with Gasteiger partial charge < -0.3 is 5.32 Å². The van der Waals surface area contributed by atoms with E-state index in [1.54, 1.807) is 13.0 Å². The Morgan fingerprint density at radius 1 is 1.19 bits per heavy atom. The average Bonchev–Trinajstić information content (AvgIpc) is 2.88. The monoisotopic (exact) mass is 450 g/mol. The number of alkyl halides is 3. The van der Waals surface area contributed by atoms with Gasteiger partial charge in [-0.25, -0.2) is 4.68 Å². The van der Waals surface area contributed by atoms with Crippen LogP contribution in [0.15, 0.2) is 36.4 Å². The Morgan fingerprint density at radius 2 is 1.97 bits per heavy atom. The van der Waals surface area contributed by atoms with Gasteiger partial charge in [0.15, 0.2) is 0 Å². The van der Waals surface area contributed by atoms with E-state index in [4.69, 9.17) is 11.6 Å². The molecule has 0 fully saturated rings. The molecular weight excluding hydrogens is 433 g/mol. The smallest absolute Gasteiger partial charge is 0.370 e. The molecule has 2 aromatic carbocycles. The van der Waals surface area contributed by atoms with Crippen molar-refractivity contribution in [1.29, 1.82) is 0 Å². The van der Waals surface area contributed by atoms with Crippen LogP contribution >= 0.6 is 11.6 Å². The van der Waals surface area contributed by atoms with Crippen molar-refractivity contribution >= 4 is 23.1 Å². The van der Waals surface area contributed by atoms with Crippen LogP contribution in [0.25, 0.3) is 16.9 Å². The minimum atomic E-state index is -4.52. The van der Waals surface area contributed by atoms with E-state index in [1.807, 2.05) is 0 Å². The maximum Gasteiger partial charge on any atom is 0.416 e. The highest BCUT2D eigenvalue weighted by Gasteiger charge is 2.32. The standard InChI is InChI=1S/C21H18ClF3N4O2/c1-12-5-7-14(29(30)31)11-18(12)28-20-15(4-2-3-9-26-20)19(27-28)16-10-13(21(23,24)25)6-8-17(16)22/h5-8,10-11,26H,2-4,9H2,1H3. The van der Waals surface area contributed by atoms with Gasteiger partial charge in [-0.1, -0.05) is 17.7 Å². The van der Waals surface area contributed by atoms with Crippen LogP contribution in [0.1, 0.15) is 29.5 Å². The normalized spacial score (nSPS) is 14.0. The molecular formula is C21H18ClF3N4O2. The number of hydrogen-bond acceptors (Lipinski definition) is 4. The molecule has 10 heteroatoms. The van der Waals surface area contributed by atoms with Crippen LogP contribution < -0.4 is 5.32 Å². The molecule has 162 valence electrons. The SMILES string of the molecule is Cc1ccc([N+](=O)[O-])cc1-n1nc(-c2cc(C(F)(F)F)ccc2Cl)c2c1NCCCC2. The first kappa shape index (κ1) is 21.2. The van der Waals surface area contributed by atoms with Crippen molar-refractivity contribution in [3.05, 3.63) is 68.2 Å². The lowest BCUT2D eigenvalue weighted by atomic mass is 10.0. The Hall–Kier alpha value is -3.07. The third kappa shape index (κ3) is 3.97. The summed E-state index contributed by atoms with van der Waals surface area (Å²) >= 11 is 6.29. The molecule has 1 aliphatic heterocycles. The summed E-state index contributed by atoms with van der Waals surface area (Å²) in [4.78, 5) is 10.8. The molecule has 0 amide bonds. The third-order valence-electron chi connectivity index (χ3n) is 5.31. The lowest BCUT2D eigenvalue weighted by Crippen LogP contribution is -2.08. The molecule has 0 bridgehead atoms. The number of nitrogens with one attached hydrogen (secondary N) is 1. The quantitative estimate of drug-likeness (QED) is 0.382. The third-order valence-corrected chi connectivity index (χ3v) is 5.64. The van der Waals surface area contributed by atoms with E-state index in [2.05, 4.69) is 10.4 Å². The fraction of sp³-hybridized carbons (Fsp3) is 0.286. The van der Waals surface area contributed by atoms with E-state index < -0.39 is 16.7 Å². The Bertz CT molecular complexity index is 1170. The first-order chi connectivity index (χ1) is 14.7. The summed E-state index contributed by atoms with van der Waals surface area (Å²) in [6.45, 7) is 2.45. The van der Waals surface area contributed by atoms with Crippen molar-refractivity contribution in [2.45, 2.75) is 32.4 Å². The molecule has 0 atom stereocenters. The van der Waals surface area contributed by atoms with Crippen molar-refractivity contribution < 1.29 is 18.1 Å². The number of anilines is 1. The molecule has 31 heavy (non-hydrogen) atoms. The van der Waals surface area contributed by atoms with E-state index >= 15 is 0 Å². The lowest BCUT2D eigenvalue weighted by molar-refractivity contribution is -0.384. The largest absolute Gasteiger partial charge is 0.416 e. The minimum Gasteiger partial charge on any atom is -0.370 e. The summed E-state index contributed by atoms with van der Waals surface area (Å²) in [5.41, 5.74) is 1.56. The number of aryl methyl sites for hydroxylation is 1. The number of nitro groups is 1. The van der Waals surface area contributed by atoms with Crippen LogP contribution in [-0.4, -0.2) is 21.2 Å². The topological polar surface area (TPSA) is 73.0 Å². The molecule has 1 aliphatic rings. The zero-order valence-corrected chi connectivity index (χ0v) is 17.2. The number of fused-ring (bicyclic) bond motifs is 1. The van der Waals surface area contributed by atoms with Gasteiger partial charge in [-0.15, -0.1) is 0 Å². The van der Waals surface area contributed by atoms with Gasteiger partial charge in [0.1, 0.15) is 5.82 Å². The Labute approximate surface area is 180 Å². The first-order valence-corrected chi connectivity index (χ1v) is 10.0. The van der Waals surface area contributed by atoms with Gasteiger partial charge in [0.2, 0.25) is 0 Å². The summed E-state index contributed by atoms with van der Waals surface area (Å²) in [7, 11) is 0. The molecule has 0 saturated heterocycles. The minimum absolute atomic E-state index is 0.0999. The second-order valence-corrected chi connectivity index (χ2v) is 7.80. The number of nitro benzene ring substituents is 1. The zero-order chi connectivity index (χ0) is 22.3. The Kier molecular flexibility index (Phi) is 5.38. The molecule has 3 aromatic rings. The van der Waals surface area contributed by atoms with Gasteiger partial charge >= 0.3 is 6.18 Å². The lowest BCUT2D eigenvalue weighted by Gasteiger charge is -2.11. The van der Waals surface area contributed by atoms with Crippen LogP contribution in [-0.2, 0) is 12.6 Å². The number of nitrogens with zero attached hydrogens (tertiary/aromatic N) is 3. The second kappa shape index (κ2) is 7.88. The van der Waals surface area contributed by atoms with Gasteiger partial charge in [-0.05, 0) is 49.9 Å². The van der Waals surface area contributed by atoms with Crippen LogP contribution in [0.3, 0.4) is 0 Å². The van der Waals surface area contributed by atoms with Crippen LogP contribution in [0.4, 0.5) is 24.7 Å². The van der Waals surface area contributed by atoms with Gasteiger partial charge in [0, 0.05) is 29.8 Å². The van der Waals surface area contributed by atoms with Crippen molar-refractivity contribution in [2.24, 2.45) is 0 Å². The maximum absolute atomic E-state index is 13.3. The van der Waals surface area contributed by atoms with E-state index in [0.29, 0.717) is 30.2 Å². The number of benzene rings is 2. The fourth-order valence-electron chi connectivity index (χ4n) is 3.72. The van der Waals surface area contributed by atoms with Gasteiger partial charge in [-0.2, -0.15) is 18.3 Å². The average molecular weight is 451 g/mol. The van der Waals surface area contributed by atoms with E-state index in [1.165, 1.54) is 22.9 Å². The summed E-state index contributed by atoms with van der Waals surface area (Å²) in [5.74, 6) is 0.615. The van der Waals surface area contributed by atoms with Gasteiger partial charge in [-0.3, -0.25) is 10.1 Å². The fourth-order valence-corrected chi connectivity index (χ4v) is 3.92. The molecule has 6 nitrogen and oxygen atoms in total. The highest BCUT2D eigenvalue weighted by Crippen LogP contribution is 2.40. The highest BCUT2D eigenvalue weighted by molar-refractivity contribution is 6.33. The van der Waals surface area contributed by atoms with Crippen molar-refractivity contribution in [1.82, 2.24) is 9.78 Å². The zero-order valence-electron chi connectivity index (χ0n) is 16.5. The van der Waals surface area contributed by atoms with Crippen LogP contribution in [0, 0.1) is 17.0 Å². The van der Waals surface area contributed by atoms with E-state index in [-0.39, 0.29) is 16.3 Å². The Balaban J connectivity index is 1.97. The second-order valence-electron chi connectivity index (χ2n) is 7.39. The highest BCUT2D eigenvalue weighted by atomic mass is 35.5. The van der Waals surface area contributed by atoms with E-state index in [0.717, 1.165) is 36.1 Å². The summed E-state index contributed by atoms with van der Waals surface area (Å²) in [5, 5.41) is 19.3. The number of non-ortho nitro benzene ring substituents is 1. The molecule has 1 N–H and O–H groups in total. The molecule has 0 radical (unpaired) electrons. The molecule has 2 heterocycles.